The van der Waals surface area contributed by atoms with Crippen LogP contribution in [-0.2, 0) is 10.5 Å². The molecule has 5 rings (SSSR count). The van der Waals surface area contributed by atoms with Gasteiger partial charge in [-0.25, -0.2) is 9.48 Å². The first-order valence-corrected chi connectivity index (χ1v) is 13.6. The van der Waals surface area contributed by atoms with Crippen molar-refractivity contribution in [3.05, 3.63) is 111 Å². The Labute approximate surface area is 235 Å². The average molecular weight is 560 g/mol. The fraction of sp³-hybridized carbons (Fsp3) is 0.172. The van der Waals surface area contributed by atoms with Gasteiger partial charge in [-0.2, -0.15) is 4.98 Å². The number of anilines is 2. The predicted molar refractivity (Wildman–Crippen MR) is 153 cm³/mol. The maximum atomic E-state index is 13.8. The summed E-state index contributed by atoms with van der Waals surface area (Å²) < 4.78 is 1.68. The van der Waals surface area contributed by atoms with E-state index >= 15 is 0 Å². The summed E-state index contributed by atoms with van der Waals surface area (Å²) in [6, 6.07) is 19.2. The minimum absolute atomic E-state index is 0.157. The van der Waals surface area contributed by atoms with E-state index in [1.165, 1.54) is 23.9 Å². The molecule has 0 radical (unpaired) electrons. The zero-order chi connectivity index (χ0) is 27.7. The molecule has 198 valence electrons. The van der Waals surface area contributed by atoms with Crippen molar-refractivity contribution in [3.8, 4) is 0 Å². The topological polar surface area (TPSA) is 109 Å². The molecule has 1 atom stereocenters. The first-order chi connectivity index (χ1) is 18.7. The second-order valence-corrected chi connectivity index (χ2v) is 10.6. The minimum Gasteiger partial charge on any atom is -0.478 e. The second kappa shape index (κ2) is 11.0. The summed E-state index contributed by atoms with van der Waals surface area (Å²) >= 11 is 7.76. The van der Waals surface area contributed by atoms with Crippen LogP contribution >= 0.6 is 23.4 Å². The molecule has 2 heterocycles. The zero-order valence-electron chi connectivity index (χ0n) is 21.5. The number of allylic oxidation sites excluding steroid dienone is 1. The van der Waals surface area contributed by atoms with E-state index in [9.17, 15) is 14.7 Å². The van der Waals surface area contributed by atoms with E-state index in [1.807, 2.05) is 63.2 Å². The number of nitrogens with one attached hydrogen (secondary N) is 2. The van der Waals surface area contributed by atoms with Gasteiger partial charge in [-0.1, -0.05) is 65.8 Å². The number of halogens is 1. The van der Waals surface area contributed by atoms with E-state index in [2.05, 4.69) is 15.6 Å². The van der Waals surface area contributed by atoms with Crippen LogP contribution < -0.4 is 10.6 Å². The smallest absolute Gasteiger partial charge is 0.335 e. The molecule has 1 aliphatic rings. The van der Waals surface area contributed by atoms with E-state index < -0.39 is 12.0 Å². The fourth-order valence-corrected chi connectivity index (χ4v) is 5.55. The third-order valence-corrected chi connectivity index (χ3v) is 7.97. The van der Waals surface area contributed by atoms with E-state index in [0.29, 0.717) is 38.7 Å². The Balaban J connectivity index is 1.52. The molecule has 39 heavy (non-hydrogen) atoms. The summed E-state index contributed by atoms with van der Waals surface area (Å²) in [7, 11) is 0. The molecule has 3 aromatic carbocycles. The molecule has 0 saturated heterocycles. The van der Waals surface area contributed by atoms with Crippen molar-refractivity contribution >= 4 is 46.9 Å². The van der Waals surface area contributed by atoms with Crippen LogP contribution in [0.15, 0.2) is 83.2 Å². The van der Waals surface area contributed by atoms with Crippen LogP contribution in [0.25, 0.3) is 0 Å². The Bertz CT molecular complexity index is 1610. The van der Waals surface area contributed by atoms with Crippen molar-refractivity contribution in [1.82, 2.24) is 14.8 Å². The van der Waals surface area contributed by atoms with Crippen LogP contribution in [0.1, 0.15) is 45.6 Å². The number of aryl methyl sites for hydroxylation is 1. The molecule has 0 fully saturated rings. The number of carbonyl (C=O) groups excluding carboxylic acids is 1. The van der Waals surface area contributed by atoms with Crippen LogP contribution in [0.2, 0.25) is 5.02 Å². The predicted octanol–water partition coefficient (Wildman–Crippen LogP) is 6.47. The lowest BCUT2D eigenvalue weighted by molar-refractivity contribution is -0.113. The number of fused-ring (bicyclic) bond motifs is 1. The van der Waals surface area contributed by atoms with Gasteiger partial charge in [0.2, 0.25) is 11.1 Å². The molecule has 3 N–H and O–H groups in total. The van der Waals surface area contributed by atoms with Crippen molar-refractivity contribution in [2.24, 2.45) is 0 Å². The van der Waals surface area contributed by atoms with E-state index in [1.54, 1.807) is 16.8 Å². The van der Waals surface area contributed by atoms with Gasteiger partial charge in [-0.3, -0.25) is 4.79 Å². The number of carbonyl (C=O) groups is 2. The lowest BCUT2D eigenvalue weighted by Crippen LogP contribution is -2.31. The van der Waals surface area contributed by atoms with E-state index in [0.717, 1.165) is 22.4 Å². The summed E-state index contributed by atoms with van der Waals surface area (Å²) in [5.74, 6) is -0.239. The highest BCUT2D eigenvalue weighted by atomic mass is 35.5. The summed E-state index contributed by atoms with van der Waals surface area (Å²) in [4.78, 5) is 29.9. The zero-order valence-corrected chi connectivity index (χ0v) is 23.1. The molecule has 1 aliphatic heterocycles. The van der Waals surface area contributed by atoms with Gasteiger partial charge in [-0.15, -0.1) is 5.10 Å². The van der Waals surface area contributed by atoms with E-state index in [-0.39, 0.29) is 11.5 Å². The summed E-state index contributed by atoms with van der Waals surface area (Å²) in [6.45, 7) is 5.78. The fourth-order valence-electron chi connectivity index (χ4n) is 4.44. The molecule has 0 saturated carbocycles. The Hall–Kier alpha value is -4.08. The first-order valence-electron chi connectivity index (χ1n) is 12.2. The van der Waals surface area contributed by atoms with Crippen LogP contribution in [-0.4, -0.2) is 31.7 Å². The van der Waals surface area contributed by atoms with Gasteiger partial charge in [0.05, 0.1) is 11.1 Å². The average Bonchev–Trinajstić information content (AvgIpc) is 3.32. The number of benzene rings is 3. The number of nitrogens with zero attached hydrogens (tertiary/aromatic N) is 3. The molecule has 1 unspecified atom stereocenters. The van der Waals surface area contributed by atoms with Gasteiger partial charge in [0, 0.05) is 22.2 Å². The summed E-state index contributed by atoms with van der Waals surface area (Å²) in [5.41, 5.74) is 5.70. The Morgan fingerprint density at radius 2 is 1.79 bits per heavy atom. The Kier molecular flexibility index (Phi) is 7.45. The molecule has 0 bridgehead atoms. The van der Waals surface area contributed by atoms with Gasteiger partial charge in [0.15, 0.2) is 0 Å². The lowest BCUT2D eigenvalue weighted by atomic mass is 9.94. The highest BCUT2D eigenvalue weighted by Crippen LogP contribution is 2.37. The lowest BCUT2D eigenvalue weighted by Gasteiger charge is -2.29. The number of hydrogen-bond donors (Lipinski definition) is 3. The van der Waals surface area contributed by atoms with Crippen molar-refractivity contribution in [2.75, 3.05) is 10.6 Å². The van der Waals surface area contributed by atoms with Crippen LogP contribution in [0.3, 0.4) is 0 Å². The highest BCUT2D eigenvalue weighted by molar-refractivity contribution is 7.98. The van der Waals surface area contributed by atoms with Crippen LogP contribution in [0, 0.1) is 13.8 Å². The van der Waals surface area contributed by atoms with Gasteiger partial charge >= 0.3 is 5.97 Å². The molecule has 10 heteroatoms. The number of aromatic carboxylic acids is 1. The normalized spacial score (nSPS) is 14.5. The molecule has 8 nitrogen and oxygen atoms in total. The summed E-state index contributed by atoms with van der Waals surface area (Å²) in [5, 5.41) is 21.6. The SMILES string of the molecule is CC1=C(C(=O)Nc2cccc(C)c2C)C(c2ccc(C(=O)O)cc2)n2nc(SCc3ccccc3Cl)nc2N1. The number of thioether (sulfide) groups is 1. The summed E-state index contributed by atoms with van der Waals surface area (Å²) in [6.07, 6.45) is 0. The molecule has 0 spiro atoms. The number of aromatic nitrogens is 3. The van der Waals surface area contributed by atoms with Crippen molar-refractivity contribution in [3.63, 3.8) is 0 Å². The maximum Gasteiger partial charge on any atom is 0.335 e. The Morgan fingerprint density at radius 3 is 2.51 bits per heavy atom. The van der Waals surface area contributed by atoms with Crippen LogP contribution in [0.4, 0.5) is 11.6 Å². The molecule has 4 aromatic rings. The minimum atomic E-state index is -1.02. The maximum absolute atomic E-state index is 13.8. The number of carboxylic acids is 1. The van der Waals surface area contributed by atoms with Crippen molar-refractivity contribution in [2.45, 2.75) is 37.7 Å². The molecule has 1 amide bonds. The number of rotatable bonds is 7. The molecular weight excluding hydrogens is 534 g/mol. The van der Waals surface area contributed by atoms with Gasteiger partial charge in [0.25, 0.3) is 5.91 Å². The van der Waals surface area contributed by atoms with Gasteiger partial charge < -0.3 is 15.7 Å². The van der Waals surface area contributed by atoms with Crippen molar-refractivity contribution in [1.29, 1.82) is 0 Å². The number of carboxylic acid groups (broad SMARTS) is 1. The monoisotopic (exact) mass is 559 g/mol. The molecule has 0 aliphatic carbocycles. The van der Waals surface area contributed by atoms with Gasteiger partial charge in [0.1, 0.15) is 6.04 Å². The van der Waals surface area contributed by atoms with Gasteiger partial charge in [-0.05, 0) is 67.3 Å². The third-order valence-electron chi connectivity index (χ3n) is 6.72. The van der Waals surface area contributed by atoms with E-state index in [4.69, 9.17) is 16.7 Å². The van der Waals surface area contributed by atoms with Crippen LogP contribution in [0.5, 0.6) is 0 Å². The third kappa shape index (κ3) is 5.41. The highest BCUT2D eigenvalue weighted by Gasteiger charge is 2.34. The molecular formula is C29H26ClN5O3S. The number of hydrogen-bond acceptors (Lipinski definition) is 6. The second-order valence-electron chi connectivity index (χ2n) is 9.24. The first kappa shape index (κ1) is 26.5. The standard InChI is InChI=1S/C29H26ClN5O3S/c1-16-7-6-10-23(17(16)2)32-26(36)24-18(3)31-28-33-29(39-15-21-8-4-5-9-22(21)30)34-35(28)25(24)19-11-13-20(14-12-19)27(37)38/h4-14,25H,15H2,1-3H3,(H,32,36)(H,37,38)(H,31,33,34). The number of amides is 1. The Morgan fingerprint density at radius 1 is 1.05 bits per heavy atom. The largest absolute Gasteiger partial charge is 0.478 e. The van der Waals surface area contributed by atoms with Crippen molar-refractivity contribution < 1.29 is 14.7 Å². The quantitative estimate of drug-likeness (QED) is 0.223. The molecule has 1 aromatic heterocycles.